The summed E-state index contributed by atoms with van der Waals surface area (Å²) in [6.07, 6.45) is 1.71. The third-order valence-corrected chi connectivity index (χ3v) is 4.59. The summed E-state index contributed by atoms with van der Waals surface area (Å²) in [5.41, 5.74) is 2.92. The van der Waals surface area contributed by atoms with Crippen LogP contribution in [-0.4, -0.2) is 18.5 Å². The molecule has 1 N–H and O–H groups in total. The SMILES string of the molecule is CCOC(=O)c1ccc(NC(=O)C(=Cc2ccc(F)cc2)c2ccsc2)cc1. The maximum atomic E-state index is 13.2. The highest BCUT2D eigenvalue weighted by Gasteiger charge is 2.14. The van der Waals surface area contributed by atoms with Crippen molar-refractivity contribution in [2.24, 2.45) is 0 Å². The van der Waals surface area contributed by atoms with Gasteiger partial charge in [-0.05, 0) is 77.4 Å². The Bertz CT molecular complexity index is 978. The number of rotatable bonds is 6. The highest BCUT2D eigenvalue weighted by atomic mass is 32.1. The van der Waals surface area contributed by atoms with Gasteiger partial charge in [-0.25, -0.2) is 9.18 Å². The Balaban J connectivity index is 1.82. The maximum absolute atomic E-state index is 13.2. The zero-order valence-corrected chi connectivity index (χ0v) is 16.0. The third kappa shape index (κ3) is 4.92. The molecule has 3 rings (SSSR count). The van der Waals surface area contributed by atoms with Crippen molar-refractivity contribution in [2.45, 2.75) is 6.92 Å². The van der Waals surface area contributed by atoms with E-state index in [4.69, 9.17) is 4.74 Å². The first kappa shape index (κ1) is 19.5. The van der Waals surface area contributed by atoms with E-state index >= 15 is 0 Å². The largest absolute Gasteiger partial charge is 0.462 e. The van der Waals surface area contributed by atoms with E-state index in [1.165, 1.54) is 23.5 Å². The van der Waals surface area contributed by atoms with Gasteiger partial charge < -0.3 is 10.1 Å². The van der Waals surface area contributed by atoms with Crippen LogP contribution in [0.15, 0.2) is 65.4 Å². The Morgan fingerprint density at radius 1 is 1.04 bits per heavy atom. The van der Waals surface area contributed by atoms with Crippen molar-refractivity contribution in [3.63, 3.8) is 0 Å². The first-order chi connectivity index (χ1) is 13.6. The lowest BCUT2D eigenvalue weighted by Gasteiger charge is -2.09. The molecule has 0 fully saturated rings. The summed E-state index contributed by atoms with van der Waals surface area (Å²) in [5.74, 6) is -1.04. The van der Waals surface area contributed by atoms with Gasteiger partial charge >= 0.3 is 5.97 Å². The maximum Gasteiger partial charge on any atom is 0.338 e. The molecule has 0 spiro atoms. The number of hydrogen-bond acceptors (Lipinski definition) is 4. The van der Waals surface area contributed by atoms with Crippen LogP contribution in [-0.2, 0) is 9.53 Å². The lowest BCUT2D eigenvalue weighted by Crippen LogP contribution is -2.13. The molecule has 3 aromatic rings. The molecular weight excluding hydrogens is 377 g/mol. The molecular formula is C22H18FNO3S. The minimum Gasteiger partial charge on any atom is -0.462 e. The van der Waals surface area contributed by atoms with Gasteiger partial charge in [0.05, 0.1) is 12.2 Å². The minimum atomic E-state index is -0.407. The summed E-state index contributed by atoms with van der Waals surface area (Å²) in [6.45, 7) is 2.04. The highest BCUT2D eigenvalue weighted by Crippen LogP contribution is 2.23. The number of carbonyl (C=O) groups excluding carboxylic acids is 2. The molecule has 0 bridgehead atoms. The number of ether oxygens (including phenoxy) is 1. The average Bonchev–Trinajstić information content (AvgIpc) is 3.22. The first-order valence-electron chi connectivity index (χ1n) is 8.65. The molecule has 0 atom stereocenters. The van der Waals surface area contributed by atoms with Gasteiger partial charge in [-0.3, -0.25) is 4.79 Å². The van der Waals surface area contributed by atoms with Crippen molar-refractivity contribution >= 4 is 40.5 Å². The molecule has 1 heterocycles. The number of thiophene rings is 1. The Hall–Kier alpha value is -3.25. The fraction of sp³-hybridized carbons (Fsp3) is 0.0909. The van der Waals surface area contributed by atoms with Crippen LogP contribution in [0.5, 0.6) is 0 Å². The second-order valence-electron chi connectivity index (χ2n) is 5.87. The van der Waals surface area contributed by atoms with Crippen LogP contribution >= 0.6 is 11.3 Å². The Morgan fingerprint density at radius 3 is 2.36 bits per heavy atom. The van der Waals surface area contributed by atoms with Crippen LogP contribution in [0.1, 0.15) is 28.4 Å². The van der Waals surface area contributed by atoms with E-state index in [-0.39, 0.29) is 11.7 Å². The van der Waals surface area contributed by atoms with E-state index in [1.807, 2.05) is 16.8 Å². The van der Waals surface area contributed by atoms with Crippen LogP contribution in [0.3, 0.4) is 0 Å². The Kier molecular flexibility index (Phi) is 6.34. The van der Waals surface area contributed by atoms with Crippen LogP contribution in [0.4, 0.5) is 10.1 Å². The van der Waals surface area contributed by atoms with Gasteiger partial charge in [-0.15, -0.1) is 0 Å². The summed E-state index contributed by atoms with van der Waals surface area (Å²) in [6, 6.07) is 14.3. The molecule has 4 nitrogen and oxygen atoms in total. The smallest absolute Gasteiger partial charge is 0.338 e. The summed E-state index contributed by atoms with van der Waals surface area (Å²) in [7, 11) is 0. The molecule has 0 aliphatic heterocycles. The third-order valence-electron chi connectivity index (χ3n) is 3.91. The van der Waals surface area contributed by atoms with Crippen molar-refractivity contribution in [3.8, 4) is 0 Å². The molecule has 2 aromatic carbocycles. The van der Waals surface area contributed by atoms with Gasteiger partial charge in [-0.2, -0.15) is 11.3 Å². The zero-order chi connectivity index (χ0) is 19.9. The standard InChI is InChI=1S/C22H18FNO3S/c1-2-27-22(26)16-5-9-19(10-6-16)24-21(25)20(17-11-12-28-14-17)13-15-3-7-18(23)8-4-15/h3-14H,2H2,1H3,(H,24,25). The van der Waals surface area contributed by atoms with Crippen molar-refractivity contribution in [1.29, 1.82) is 0 Å². The number of nitrogens with one attached hydrogen (secondary N) is 1. The van der Waals surface area contributed by atoms with Crippen molar-refractivity contribution in [1.82, 2.24) is 0 Å². The molecule has 0 unspecified atom stereocenters. The topological polar surface area (TPSA) is 55.4 Å². The van der Waals surface area contributed by atoms with E-state index in [0.29, 0.717) is 23.4 Å². The molecule has 6 heteroatoms. The van der Waals surface area contributed by atoms with Gasteiger partial charge in [0.2, 0.25) is 0 Å². The Morgan fingerprint density at radius 2 is 1.75 bits per heavy atom. The second kappa shape index (κ2) is 9.10. The van der Waals surface area contributed by atoms with Gasteiger partial charge in [0.25, 0.3) is 5.91 Å². The van der Waals surface area contributed by atoms with E-state index in [9.17, 15) is 14.0 Å². The number of hydrogen-bond donors (Lipinski definition) is 1. The van der Waals surface area contributed by atoms with Crippen LogP contribution < -0.4 is 5.32 Å². The van der Waals surface area contributed by atoms with Crippen LogP contribution in [0.25, 0.3) is 11.6 Å². The lowest BCUT2D eigenvalue weighted by molar-refractivity contribution is -0.111. The summed E-state index contributed by atoms with van der Waals surface area (Å²) in [5, 5.41) is 6.59. The van der Waals surface area contributed by atoms with Crippen molar-refractivity contribution in [2.75, 3.05) is 11.9 Å². The quantitative estimate of drug-likeness (QED) is 0.458. The monoisotopic (exact) mass is 395 g/mol. The number of benzene rings is 2. The predicted octanol–water partition coefficient (Wildman–Crippen LogP) is 5.24. The van der Waals surface area contributed by atoms with Crippen molar-refractivity contribution < 1.29 is 18.7 Å². The summed E-state index contributed by atoms with van der Waals surface area (Å²) in [4.78, 5) is 24.6. The fourth-order valence-electron chi connectivity index (χ4n) is 2.53. The molecule has 0 aliphatic rings. The van der Waals surface area contributed by atoms with E-state index in [1.54, 1.807) is 49.4 Å². The molecule has 0 radical (unpaired) electrons. The first-order valence-corrected chi connectivity index (χ1v) is 9.59. The van der Waals surface area contributed by atoms with E-state index < -0.39 is 5.97 Å². The predicted molar refractivity (Wildman–Crippen MR) is 110 cm³/mol. The zero-order valence-electron chi connectivity index (χ0n) is 15.1. The summed E-state index contributed by atoms with van der Waals surface area (Å²) >= 11 is 1.48. The van der Waals surface area contributed by atoms with Gasteiger partial charge in [0.1, 0.15) is 5.82 Å². The molecule has 1 amide bonds. The number of carbonyl (C=O) groups is 2. The minimum absolute atomic E-state index is 0.299. The fourth-order valence-corrected chi connectivity index (χ4v) is 3.18. The van der Waals surface area contributed by atoms with Crippen molar-refractivity contribution in [3.05, 3.63) is 87.9 Å². The molecule has 1 aromatic heterocycles. The normalized spacial score (nSPS) is 11.1. The molecule has 142 valence electrons. The van der Waals surface area contributed by atoms with E-state index in [0.717, 1.165) is 11.1 Å². The number of esters is 1. The molecule has 28 heavy (non-hydrogen) atoms. The van der Waals surface area contributed by atoms with Crippen LogP contribution in [0, 0.1) is 5.82 Å². The van der Waals surface area contributed by atoms with E-state index in [2.05, 4.69) is 5.32 Å². The lowest BCUT2D eigenvalue weighted by atomic mass is 10.0. The number of halogens is 1. The molecule has 0 saturated heterocycles. The molecule has 0 aliphatic carbocycles. The summed E-state index contributed by atoms with van der Waals surface area (Å²) < 4.78 is 18.1. The number of anilines is 1. The van der Waals surface area contributed by atoms with Gasteiger partial charge in [0.15, 0.2) is 0 Å². The average molecular weight is 395 g/mol. The van der Waals surface area contributed by atoms with Gasteiger partial charge in [-0.1, -0.05) is 12.1 Å². The second-order valence-corrected chi connectivity index (χ2v) is 6.65. The highest BCUT2D eigenvalue weighted by molar-refractivity contribution is 7.08. The number of amides is 1. The molecule has 0 saturated carbocycles. The Labute approximate surface area is 166 Å². The van der Waals surface area contributed by atoms with Gasteiger partial charge in [0, 0.05) is 11.3 Å². The van der Waals surface area contributed by atoms with Crippen LogP contribution in [0.2, 0.25) is 0 Å².